The number of likely N-dealkylation sites (N-methyl/N-ethyl adjacent to an activating group) is 2. The Labute approximate surface area is 429 Å². The molecule has 394 valence electrons. The number of aromatic nitrogens is 1. The van der Waals surface area contributed by atoms with E-state index in [9.17, 15) is 28.8 Å². The van der Waals surface area contributed by atoms with Gasteiger partial charge in [0.05, 0.1) is 48.7 Å². The molecular weight excluding hydrogens is 953 g/mol. The predicted molar refractivity (Wildman–Crippen MR) is 281 cm³/mol. The Morgan fingerprint density at radius 3 is 2.04 bits per heavy atom. The number of hydrogen-bond donors (Lipinski definition) is 3. The monoisotopic (exact) mass is 1030 g/mol. The van der Waals surface area contributed by atoms with Gasteiger partial charge in [-0.25, -0.2) is 9.78 Å². The molecule has 1 aliphatic heterocycles. The molecule has 3 rings (SSSR count). The third kappa shape index (κ3) is 17.1. The van der Waals surface area contributed by atoms with Crippen LogP contribution in [0.2, 0.25) is 0 Å². The first-order valence-corrected chi connectivity index (χ1v) is 27.8. The lowest BCUT2D eigenvalue weighted by Crippen LogP contribution is -2.59. The molecule has 2 aromatic rings. The Morgan fingerprint density at radius 2 is 1.50 bits per heavy atom. The van der Waals surface area contributed by atoms with Gasteiger partial charge in [0.1, 0.15) is 16.7 Å². The quantitative estimate of drug-likeness (QED) is 0.0612. The maximum atomic E-state index is 14.5. The molecule has 1 saturated heterocycles. The second-order valence-electron chi connectivity index (χ2n) is 19.4. The van der Waals surface area contributed by atoms with Crippen LogP contribution in [0.1, 0.15) is 101 Å². The zero-order valence-corrected chi connectivity index (χ0v) is 46.5. The summed E-state index contributed by atoms with van der Waals surface area (Å²) >= 11 is 1.31. The van der Waals surface area contributed by atoms with Crippen LogP contribution in [0.25, 0.3) is 0 Å². The standard InChI is InChI=1S/C50H82N8O9S3/c1-15-33(6)43(57(12)49(63)41(31(2)3)53-46(61)42(32(4)5)54(8)9)39(66-13)29-40(59)58-23-19-22-38(58)44(67-14)34(7)45(60)51-36(28-35-20-17-16-18-21-35)47-52-37(30-68-47)48(62)55(10)24-26-69-70-27-25-56(11)50(64)65/h16-18,20-21,30-34,36,38-39,41-44H,15,19,22-29H2,1-14H3,(H,51,60)(H,53,61)(H,64,65)/t33-,34+,36-,38-,39+,41-,42-,43-,44+/m0/s1. The summed E-state index contributed by atoms with van der Waals surface area (Å²) in [6, 6.07) is 7.09. The van der Waals surface area contributed by atoms with Crippen LogP contribution in [-0.2, 0) is 35.1 Å². The van der Waals surface area contributed by atoms with Gasteiger partial charge in [-0.05, 0) is 56.7 Å². The molecule has 0 spiro atoms. The van der Waals surface area contributed by atoms with E-state index in [0.29, 0.717) is 55.4 Å². The summed E-state index contributed by atoms with van der Waals surface area (Å²) in [6.07, 6.45) is 0.209. The minimum atomic E-state index is -0.969. The largest absolute Gasteiger partial charge is 0.465 e. The number of nitrogens with one attached hydrogen (secondary N) is 2. The third-order valence-corrected chi connectivity index (χ3v) is 16.7. The molecular formula is C50H82N8O9S3. The average Bonchev–Trinajstić information content (AvgIpc) is 4.02. The van der Waals surface area contributed by atoms with Gasteiger partial charge in [0.25, 0.3) is 5.91 Å². The number of amides is 6. The fraction of sp³-hybridized carbons (Fsp3) is 0.700. The molecule has 3 N–H and O–H groups in total. The van der Waals surface area contributed by atoms with Crippen molar-refractivity contribution in [2.75, 3.05) is 80.6 Å². The van der Waals surface area contributed by atoms with Gasteiger partial charge >= 0.3 is 6.09 Å². The number of nitrogens with zero attached hydrogens (tertiary/aromatic N) is 6. The summed E-state index contributed by atoms with van der Waals surface area (Å²) in [6.45, 7) is 15.0. The molecule has 1 aromatic heterocycles. The van der Waals surface area contributed by atoms with E-state index < -0.39 is 54.4 Å². The summed E-state index contributed by atoms with van der Waals surface area (Å²) in [5, 5.41) is 17.6. The van der Waals surface area contributed by atoms with Crippen molar-refractivity contribution in [1.82, 2.24) is 40.1 Å². The van der Waals surface area contributed by atoms with E-state index in [0.717, 1.165) is 12.0 Å². The number of carbonyl (C=O) groups excluding carboxylic acids is 5. The maximum Gasteiger partial charge on any atom is 0.407 e. The third-order valence-electron chi connectivity index (χ3n) is 13.4. The van der Waals surface area contributed by atoms with Crippen molar-refractivity contribution in [1.29, 1.82) is 0 Å². The first-order chi connectivity index (χ1) is 33.1. The second kappa shape index (κ2) is 29.5. The normalized spacial score (nSPS) is 17.3. The zero-order valence-electron chi connectivity index (χ0n) is 44.0. The van der Waals surface area contributed by atoms with Crippen molar-refractivity contribution in [3.05, 3.63) is 52.0 Å². The van der Waals surface area contributed by atoms with Gasteiger partial charge in [-0.15, -0.1) is 11.3 Å². The smallest absolute Gasteiger partial charge is 0.407 e. The molecule has 1 aromatic carbocycles. The molecule has 20 heteroatoms. The number of ether oxygens (including phenoxy) is 2. The van der Waals surface area contributed by atoms with E-state index in [2.05, 4.69) is 10.6 Å². The van der Waals surface area contributed by atoms with E-state index in [1.807, 2.05) is 90.9 Å². The number of rotatable bonds is 29. The topological polar surface area (TPSA) is 194 Å². The molecule has 0 aliphatic carbocycles. The number of carboxylic acid groups (broad SMARTS) is 1. The summed E-state index contributed by atoms with van der Waals surface area (Å²) in [5.41, 5.74) is 1.26. The fourth-order valence-corrected chi connectivity index (χ4v) is 12.1. The molecule has 70 heavy (non-hydrogen) atoms. The van der Waals surface area contributed by atoms with Gasteiger partial charge in [-0.2, -0.15) is 0 Å². The van der Waals surface area contributed by atoms with E-state index in [1.54, 1.807) is 76.9 Å². The van der Waals surface area contributed by atoms with Crippen molar-refractivity contribution in [3.63, 3.8) is 0 Å². The van der Waals surface area contributed by atoms with Gasteiger partial charge < -0.3 is 44.8 Å². The van der Waals surface area contributed by atoms with Crippen LogP contribution in [-0.4, -0.2) is 187 Å². The van der Waals surface area contributed by atoms with Crippen LogP contribution >= 0.6 is 32.9 Å². The van der Waals surface area contributed by atoms with Crippen LogP contribution in [0.3, 0.4) is 0 Å². The van der Waals surface area contributed by atoms with Gasteiger partial charge in [-0.3, -0.25) is 28.9 Å². The Kier molecular flexibility index (Phi) is 25.5. The highest BCUT2D eigenvalue weighted by atomic mass is 33.1. The van der Waals surface area contributed by atoms with Crippen LogP contribution < -0.4 is 10.6 Å². The number of benzene rings is 1. The SMILES string of the molecule is CC[C@H](C)[C@@H]([C@@H](CC(=O)N1CCC[C@H]1[C@H](OC)[C@@H](C)C(=O)N[C@@H](Cc1ccccc1)c1nc(C(=O)N(C)CCSSCCN(C)C(=O)O)cs1)OC)N(C)C(=O)[C@@H](NC(=O)[C@H](C(C)C)N(C)C)C(C)C. The number of hydrogen-bond acceptors (Lipinski definition) is 13. The number of carbonyl (C=O) groups is 6. The van der Waals surface area contributed by atoms with E-state index in [-0.39, 0.29) is 59.4 Å². The molecule has 9 atom stereocenters. The molecule has 0 bridgehead atoms. The molecule has 0 unspecified atom stereocenters. The van der Waals surface area contributed by atoms with Crippen molar-refractivity contribution in [2.45, 2.75) is 123 Å². The van der Waals surface area contributed by atoms with E-state index >= 15 is 0 Å². The van der Waals surface area contributed by atoms with E-state index in [4.69, 9.17) is 19.6 Å². The molecule has 0 saturated carbocycles. The highest BCUT2D eigenvalue weighted by Gasteiger charge is 2.43. The predicted octanol–water partition coefficient (Wildman–Crippen LogP) is 6.25. The zero-order chi connectivity index (χ0) is 52.4. The minimum absolute atomic E-state index is 0.00491. The molecule has 2 heterocycles. The minimum Gasteiger partial charge on any atom is -0.465 e. The van der Waals surface area contributed by atoms with Crippen molar-refractivity contribution < 1.29 is 43.3 Å². The first kappa shape index (κ1) is 60.4. The fourth-order valence-electron chi connectivity index (χ4n) is 9.17. The Hall–Kier alpha value is -3.95. The Morgan fingerprint density at radius 1 is 0.871 bits per heavy atom. The van der Waals surface area contributed by atoms with Crippen LogP contribution in [0.4, 0.5) is 4.79 Å². The van der Waals surface area contributed by atoms with Crippen LogP contribution in [0.15, 0.2) is 35.7 Å². The number of likely N-dealkylation sites (tertiary alicyclic amines) is 1. The lowest BCUT2D eigenvalue weighted by atomic mass is 9.89. The lowest BCUT2D eigenvalue weighted by molar-refractivity contribution is -0.148. The van der Waals surface area contributed by atoms with Crippen LogP contribution in [0, 0.1) is 23.7 Å². The summed E-state index contributed by atoms with van der Waals surface area (Å²) in [5.74, 6) is -0.774. The summed E-state index contributed by atoms with van der Waals surface area (Å²) in [7, 11) is 14.9. The Bertz CT molecular complexity index is 1970. The van der Waals surface area contributed by atoms with Gasteiger partial charge in [0.15, 0.2) is 0 Å². The average molecular weight is 1040 g/mol. The summed E-state index contributed by atoms with van der Waals surface area (Å²) in [4.78, 5) is 94.3. The Balaban J connectivity index is 1.78. The highest BCUT2D eigenvalue weighted by Crippen LogP contribution is 2.31. The van der Waals surface area contributed by atoms with Crippen molar-refractivity contribution in [2.24, 2.45) is 23.7 Å². The van der Waals surface area contributed by atoms with Crippen molar-refractivity contribution >= 4 is 68.6 Å². The summed E-state index contributed by atoms with van der Waals surface area (Å²) < 4.78 is 12.2. The van der Waals surface area contributed by atoms with Crippen LogP contribution in [0.5, 0.6) is 0 Å². The molecule has 1 fully saturated rings. The van der Waals surface area contributed by atoms with Gasteiger partial charge in [0.2, 0.25) is 23.6 Å². The molecule has 0 radical (unpaired) electrons. The van der Waals surface area contributed by atoms with Gasteiger partial charge in [0, 0.05) is 71.9 Å². The first-order valence-electron chi connectivity index (χ1n) is 24.4. The van der Waals surface area contributed by atoms with Crippen molar-refractivity contribution in [3.8, 4) is 0 Å². The second-order valence-corrected chi connectivity index (χ2v) is 23.0. The molecule has 6 amide bonds. The maximum absolute atomic E-state index is 14.5. The number of methoxy groups -OCH3 is 2. The number of thiazole rings is 1. The highest BCUT2D eigenvalue weighted by molar-refractivity contribution is 8.76. The van der Waals surface area contributed by atoms with Gasteiger partial charge in [-0.1, -0.05) is 107 Å². The lowest BCUT2D eigenvalue weighted by Gasteiger charge is -2.41. The molecule has 1 aliphatic rings. The molecule has 17 nitrogen and oxygen atoms in total. The van der Waals surface area contributed by atoms with E-state index in [1.165, 1.54) is 23.3 Å².